The molecule has 0 spiro atoms. The summed E-state index contributed by atoms with van der Waals surface area (Å²) in [4.78, 5) is 8.50. The number of aromatic nitrogens is 2. The van der Waals surface area contributed by atoms with Gasteiger partial charge in [0.05, 0.1) is 29.1 Å². The van der Waals surface area contributed by atoms with Gasteiger partial charge in [0.25, 0.3) is 0 Å². The largest absolute Gasteiger partial charge is 0.397 e. The molecule has 2 aromatic heterocycles. The van der Waals surface area contributed by atoms with Crippen molar-refractivity contribution in [3.63, 3.8) is 0 Å². The minimum Gasteiger partial charge on any atom is -0.397 e. The van der Waals surface area contributed by atoms with Gasteiger partial charge in [0.2, 0.25) is 0 Å². The molecule has 4 nitrogen and oxygen atoms in total. The minimum absolute atomic E-state index is 0.512. The maximum Gasteiger partial charge on any atom is 0.145 e. The molecule has 0 saturated carbocycles. The van der Waals surface area contributed by atoms with Crippen molar-refractivity contribution in [2.75, 3.05) is 11.1 Å². The van der Waals surface area contributed by atoms with Gasteiger partial charge in [0.1, 0.15) is 5.82 Å². The van der Waals surface area contributed by atoms with Gasteiger partial charge in [-0.05, 0) is 25.1 Å². The predicted molar refractivity (Wildman–Crippen MR) is 70.0 cm³/mol. The molecule has 0 aliphatic rings. The monoisotopic (exact) mass is 248 g/mol. The van der Waals surface area contributed by atoms with Crippen LogP contribution in [0.5, 0.6) is 0 Å². The third-order valence-electron chi connectivity index (χ3n) is 2.25. The lowest BCUT2D eigenvalue weighted by molar-refractivity contribution is 1.00. The molecule has 0 radical (unpaired) electrons. The van der Waals surface area contributed by atoms with Gasteiger partial charge in [-0.1, -0.05) is 17.7 Å². The second-order valence-electron chi connectivity index (χ2n) is 3.72. The molecule has 0 bridgehead atoms. The summed E-state index contributed by atoms with van der Waals surface area (Å²) in [6.07, 6.45) is 1.57. The standard InChI is InChI=1S/C12H13ClN4/c1-8-3-2-4-10(17-8)7-16-12-11(13)5-9(14)6-15-12/h2-6H,7,14H2,1H3,(H,15,16). The van der Waals surface area contributed by atoms with Crippen LogP contribution in [0.15, 0.2) is 30.5 Å². The van der Waals surface area contributed by atoms with Gasteiger partial charge in [0, 0.05) is 5.69 Å². The van der Waals surface area contributed by atoms with Crippen LogP contribution in [0.4, 0.5) is 11.5 Å². The molecule has 88 valence electrons. The summed E-state index contributed by atoms with van der Waals surface area (Å²) in [5.41, 5.74) is 8.05. The number of pyridine rings is 2. The van der Waals surface area contributed by atoms with Crippen LogP contribution in [0.2, 0.25) is 5.02 Å². The number of nitrogens with zero attached hydrogens (tertiary/aromatic N) is 2. The zero-order chi connectivity index (χ0) is 12.3. The molecule has 17 heavy (non-hydrogen) atoms. The summed E-state index contributed by atoms with van der Waals surface area (Å²) in [6.45, 7) is 2.54. The Balaban J connectivity index is 2.07. The van der Waals surface area contributed by atoms with Gasteiger partial charge in [-0.2, -0.15) is 0 Å². The van der Waals surface area contributed by atoms with E-state index in [4.69, 9.17) is 17.3 Å². The third-order valence-corrected chi connectivity index (χ3v) is 2.53. The van der Waals surface area contributed by atoms with E-state index in [1.54, 1.807) is 12.3 Å². The van der Waals surface area contributed by atoms with Crippen LogP contribution in [0.1, 0.15) is 11.4 Å². The zero-order valence-electron chi connectivity index (χ0n) is 9.44. The molecular weight excluding hydrogens is 236 g/mol. The lowest BCUT2D eigenvalue weighted by Gasteiger charge is -2.07. The molecule has 2 rings (SSSR count). The molecule has 3 N–H and O–H groups in total. The molecule has 2 aromatic rings. The first kappa shape index (κ1) is 11.7. The lowest BCUT2D eigenvalue weighted by Crippen LogP contribution is -2.04. The first-order chi connectivity index (χ1) is 8.15. The van der Waals surface area contributed by atoms with Gasteiger partial charge in [-0.25, -0.2) is 4.98 Å². The maximum atomic E-state index is 6.00. The number of hydrogen-bond donors (Lipinski definition) is 2. The Morgan fingerprint density at radius 3 is 2.94 bits per heavy atom. The van der Waals surface area contributed by atoms with Crippen molar-refractivity contribution in [2.45, 2.75) is 13.5 Å². The van der Waals surface area contributed by atoms with Gasteiger partial charge in [-0.3, -0.25) is 4.98 Å². The highest BCUT2D eigenvalue weighted by atomic mass is 35.5. The Morgan fingerprint density at radius 1 is 1.41 bits per heavy atom. The van der Waals surface area contributed by atoms with Crippen LogP contribution >= 0.6 is 11.6 Å². The molecule has 0 aromatic carbocycles. The molecular formula is C12H13ClN4. The number of anilines is 2. The van der Waals surface area contributed by atoms with Crippen LogP contribution in [0.3, 0.4) is 0 Å². The van der Waals surface area contributed by atoms with Gasteiger partial charge in [0.15, 0.2) is 0 Å². The van der Waals surface area contributed by atoms with Crippen molar-refractivity contribution in [1.29, 1.82) is 0 Å². The highest BCUT2D eigenvalue weighted by molar-refractivity contribution is 6.33. The summed E-state index contributed by atoms with van der Waals surface area (Å²) in [5.74, 6) is 0.615. The summed E-state index contributed by atoms with van der Waals surface area (Å²) in [6, 6.07) is 7.54. The lowest BCUT2D eigenvalue weighted by atomic mass is 10.3. The Labute approximate surface area is 105 Å². The van der Waals surface area contributed by atoms with Crippen LogP contribution in [-0.4, -0.2) is 9.97 Å². The summed E-state index contributed by atoms with van der Waals surface area (Å²) < 4.78 is 0. The van der Waals surface area contributed by atoms with Crippen molar-refractivity contribution in [2.24, 2.45) is 0 Å². The Hall–Kier alpha value is -1.81. The molecule has 0 unspecified atom stereocenters. The summed E-state index contributed by atoms with van der Waals surface area (Å²) >= 11 is 6.00. The number of nitrogens with two attached hydrogens (primary N) is 1. The Bertz CT molecular complexity index is 528. The quantitative estimate of drug-likeness (QED) is 0.877. The average molecular weight is 249 g/mol. The van der Waals surface area contributed by atoms with Gasteiger partial charge >= 0.3 is 0 Å². The number of aryl methyl sites for hydroxylation is 1. The minimum atomic E-state index is 0.512. The number of rotatable bonds is 3. The highest BCUT2D eigenvalue weighted by Crippen LogP contribution is 2.21. The maximum absolute atomic E-state index is 6.00. The molecule has 0 amide bonds. The molecule has 0 atom stereocenters. The van der Waals surface area contributed by atoms with E-state index in [-0.39, 0.29) is 0 Å². The number of nitrogen functional groups attached to an aromatic ring is 1. The van der Waals surface area contributed by atoms with Crippen LogP contribution in [-0.2, 0) is 6.54 Å². The topological polar surface area (TPSA) is 63.8 Å². The fourth-order valence-corrected chi connectivity index (χ4v) is 1.70. The second kappa shape index (κ2) is 5.01. The third kappa shape index (κ3) is 3.07. The highest BCUT2D eigenvalue weighted by Gasteiger charge is 2.02. The number of hydrogen-bond acceptors (Lipinski definition) is 4. The molecule has 0 fully saturated rings. The van der Waals surface area contributed by atoms with Gasteiger partial charge < -0.3 is 11.1 Å². The fraction of sp³-hybridized carbons (Fsp3) is 0.167. The summed E-state index contributed by atoms with van der Waals surface area (Å²) in [7, 11) is 0. The van der Waals surface area contributed by atoms with Crippen molar-refractivity contribution in [1.82, 2.24) is 9.97 Å². The van der Waals surface area contributed by atoms with Crippen molar-refractivity contribution in [3.05, 3.63) is 46.9 Å². The van der Waals surface area contributed by atoms with Crippen molar-refractivity contribution in [3.8, 4) is 0 Å². The van der Waals surface area contributed by atoms with E-state index >= 15 is 0 Å². The van der Waals surface area contributed by atoms with Gasteiger partial charge in [-0.15, -0.1) is 0 Å². The Morgan fingerprint density at radius 2 is 2.24 bits per heavy atom. The zero-order valence-corrected chi connectivity index (χ0v) is 10.2. The van der Waals surface area contributed by atoms with E-state index < -0.39 is 0 Å². The van der Waals surface area contributed by atoms with E-state index in [0.717, 1.165) is 11.4 Å². The molecule has 0 aliphatic carbocycles. The SMILES string of the molecule is Cc1cccc(CNc2ncc(N)cc2Cl)n1. The molecule has 2 heterocycles. The molecule has 5 heteroatoms. The first-order valence-corrected chi connectivity index (χ1v) is 5.60. The van der Waals surface area contributed by atoms with Crippen molar-refractivity contribution < 1.29 is 0 Å². The molecule has 0 saturated heterocycles. The average Bonchev–Trinajstić information content (AvgIpc) is 2.28. The fourth-order valence-electron chi connectivity index (χ4n) is 1.46. The normalized spacial score (nSPS) is 10.2. The van der Waals surface area contributed by atoms with E-state index in [1.807, 2.05) is 25.1 Å². The number of halogens is 1. The van der Waals surface area contributed by atoms with E-state index in [0.29, 0.717) is 23.1 Å². The van der Waals surface area contributed by atoms with Crippen LogP contribution < -0.4 is 11.1 Å². The number of nitrogens with one attached hydrogen (secondary N) is 1. The van der Waals surface area contributed by atoms with E-state index in [1.165, 1.54) is 0 Å². The summed E-state index contributed by atoms with van der Waals surface area (Å²) in [5, 5.41) is 3.63. The predicted octanol–water partition coefficient (Wildman–Crippen LogP) is 2.63. The van der Waals surface area contributed by atoms with Crippen LogP contribution in [0, 0.1) is 6.92 Å². The van der Waals surface area contributed by atoms with Crippen LogP contribution in [0.25, 0.3) is 0 Å². The van der Waals surface area contributed by atoms with E-state index in [9.17, 15) is 0 Å². The Kier molecular flexibility index (Phi) is 3.44. The van der Waals surface area contributed by atoms with E-state index in [2.05, 4.69) is 15.3 Å². The first-order valence-electron chi connectivity index (χ1n) is 5.22. The second-order valence-corrected chi connectivity index (χ2v) is 4.13. The smallest absolute Gasteiger partial charge is 0.145 e. The van der Waals surface area contributed by atoms with Crippen molar-refractivity contribution >= 4 is 23.1 Å². The molecule has 0 aliphatic heterocycles.